The number of aromatic nitrogens is 1. The molecule has 16 heteroatoms. The first-order chi connectivity index (χ1) is 15.8. The van der Waals surface area contributed by atoms with Gasteiger partial charge in [-0.25, -0.2) is 4.31 Å². The summed E-state index contributed by atoms with van der Waals surface area (Å²) in [7, 11) is 0. The van der Waals surface area contributed by atoms with Crippen molar-refractivity contribution in [2.45, 2.75) is 29.8 Å². The van der Waals surface area contributed by atoms with Crippen LogP contribution in [0.25, 0.3) is 0 Å². The largest absolute Gasteiger partial charge is 0.404 e. The fraction of sp³-hybridized carbons (Fsp3) is 0.500. The van der Waals surface area contributed by atoms with E-state index in [1.165, 1.54) is 6.07 Å². The molecule has 1 saturated heterocycles. The summed E-state index contributed by atoms with van der Waals surface area (Å²) in [5.41, 5.74) is 0. The number of nitrogens with zero attached hydrogens (tertiary/aromatic N) is 2. The highest BCUT2D eigenvalue weighted by molar-refractivity contribution is 8.07. The zero-order valence-electron chi connectivity index (χ0n) is 17.7. The topological polar surface area (TPSA) is 78.0 Å². The summed E-state index contributed by atoms with van der Waals surface area (Å²) in [6.45, 7) is 1.37. The third-order valence-corrected chi connectivity index (χ3v) is 9.00. The Bertz CT molecular complexity index is 960. The van der Waals surface area contributed by atoms with Crippen molar-refractivity contribution in [1.82, 2.24) is 9.29 Å². The molecule has 34 heavy (non-hydrogen) atoms. The average Bonchev–Trinajstić information content (AvgIpc) is 2.97. The third kappa shape index (κ3) is 8.52. The van der Waals surface area contributed by atoms with E-state index in [9.17, 15) is 9.59 Å². The minimum absolute atomic E-state index is 0.0521. The number of fused-ring (bicyclic) bond motifs is 1. The van der Waals surface area contributed by atoms with Crippen molar-refractivity contribution in [3.8, 4) is 5.88 Å². The maximum absolute atomic E-state index is 11.9. The van der Waals surface area contributed by atoms with Crippen LogP contribution in [0.15, 0.2) is 18.2 Å². The van der Waals surface area contributed by atoms with Crippen molar-refractivity contribution in [3.05, 3.63) is 33.4 Å². The number of imide groups is 1. The summed E-state index contributed by atoms with van der Waals surface area (Å²) in [4.78, 5) is 27.7. The van der Waals surface area contributed by atoms with Crippen molar-refractivity contribution in [2.75, 3.05) is 13.2 Å². The SMILES string of the molecule is CCOP(=S)(OCC)Oc1nc(Cl)c(Cl)cc1Cl.O=C1C2CC=CCC2C(=O)N1SC(Cl)(Cl)Cl. The highest BCUT2D eigenvalue weighted by Gasteiger charge is 2.49. The smallest absolute Gasteiger partial charge is 0.381 e. The van der Waals surface area contributed by atoms with Crippen LogP contribution in [0.2, 0.25) is 15.2 Å². The van der Waals surface area contributed by atoms with Gasteiger partial charge in [0, 0.05) is 23.8 Å². The Labute approximate surface area is 237 Å². The van der Waals surface area contributed by atoms with Gasteiger partial charge in [0.1, 0.15) is 5.02 Å². The van der Waals surface area contributed by atoms with Crippen molar-refractivity contribution in [2.24, 2.45) is 11.8 Å². The van der Waals surface area contributed by atoms with Crippen molar-refractivity contribution < 1.29 is 23.2 Å². The standard InChI is InChI=1S/C9H11Cl3NO3PS.C9H8Cl3NO2S/c1-3-14-17(18,15-4-2)16-9-7(11)5-6(10)8(12)13-9;10-9(11,12)16-13-7(14)5-3-1-2-4-6(5)8(13)15/h5H,3-4H2,1-2H3;1-2,5-6H,3-4H2. The summed E-state index contributed by atoms with van der Waals surface area (Å²) >= 11 is 40.0. The zero-order chi connectivity index (χ0) is 25.7. The fourth-order valence-electron chi connectivity index (χ4n) is 2.97. The Morgan fingerprint density at radius 1 is 1.06 bits per heavy atom. The number of allylic oxidation sites excluding steroid dienone is 2. The minimum Gasteiger partial charge on any atom is -0.404 e. The highest BCUT2D eigenvalue weighted by Crippen LogP contribution is 2.51. The molecule has 1 aliphatic carbocycles. The molecule has 2 amide bonds. The van der Waals surface area contributed by atoms with Crippen LogP contribution in [0, 0.1) is 11.8 Å². The van der Waals surface area contributed by atoms with E-state index in [1.54, 1.807) is 13.8 Å². The number of hydrogen-bond acceptors (Lipinski definition) is 8. The van der Waals surface area contributed by atoms with Gasteiger partial charge in [-0.3, -0.25) is 18.6 Å². The van der Waals surface area contributed by atoms with Gasteiger partial charge >= 0.3 is 6.72 Å². The van der Waals surface area contributed by atoms with Gasteiger partial charge in [-0.2, -0.15) is 4.98 Å². The van der Waals surface area contributed by atoms with E-state index in [-0.39, 0.29) is 44.7 Å². The van der Waals surface area contributed by atoms with Gasteiger partial charge in [-0.15, -0.1) is 0 Å². The van der Waals surface area contributed by atoms with E-state index in [1.807, 2.05) is 12.2 Å². The van der Waals surface area contributed by atoms with E-state index in [2.05, 4.69) is 4.98 Å². The highest BCUT2D eigenvalue weighted by atomic mass is 35.6. The monoisotopic (exact) mass is 648 g/mol. The van der Waals surface area contributed by atoms with Gasteiger partial charge in [-0.1, -0.05) is 81.8 Å². The number of hydrogen-bond donors (Lipinski definition) is 0. The van der Waals surface area contributed by atoms with Crippen LogP contribution in [0.4, 0.5) is 0 Å². The Balaban J connectivity index is 0.000000241. The summed E-state index contributed by atoms with van der Waals surface area (Å²) in [5, 5.41) is 0.499. The summed E-state index contributed by atoms with van der Waals surface area (Å²) in [6, 6.07) is 1.42. The lowest BCUT2D eigenvalue weighted by atomic mass is 9.85. The summed E-state index contributed by atoms with van der Waals surface area (Å²) < 4.78 is 15.4. The zero-order valence-corrected chi connectivity index (χ0v) is 24.7. The predicted molar refractivity (Wildman–Crippen MR) is 143 cm³/mol. The van der Waals surface area contributed by atoms with E-state index in [0.717, 1.165) is 4.31 Å². The summed E-state index contributed by atoms with van der Waals surface area (Å²) in [5.74, 6) is -1.02. The molecule has 1 aliphatic heterocycles. The molecule has 1 aromatic heterocycles. The molecule has 0 bridgehead atoms. The molecule has 2 heterocycles. The molecule has 0 spiro atoms. The number of amides is 2. The van der Waals surface area contributed by atoms with Crippen LogP contribution in [0.3, 0.4) is 0 Å². The molecule has 0 radical (unpaired) electrons. The molecular weight excluding hydrogens is 632 g/mol. The van der Waals surface area contributed by atoms with Crippen molar-refractivity contribution in [1.29, 1.82) is 0 Å². The number of halogens is 6. The van der Waals surface area contributed by atoms with Crippen LogP contribution < -0.4 is 4.52 Å². The van der Waals surface area contributed by atoms with E-state index in [4.69, 9.17) is 95.0 Å². The molecule has 0 aromatic carbocycles. The van der Waals surface area contributed by atoms with Crippen molar-refractivity contribution >= 4 is 112 Å². The second-order valence-corrected chi connectivity index (χ2v) is 14.8. The number of carbonyl (C=O) groups is 2. The Hall–Kier alpha value is 0.490. The maximum atomic E-state index is 11.9. The molecule has 1 fully saturated rings. The van der Waals surface area contributed by atoms with Gasteiger partial charge in [0.05, 0.1) is 30.1 Å². The Morgan fingerprint density at radius 3 is 2.00 bits per heavy atom. The van der Waals surface area contributed by atoms with Gasteiger partial charge in [0.15, 0.2) is 5.15 Å². The first-order valence-corrected chi connectivity index (χ1v) is 15.3. The molecule has 7 nitrogen and oxygen atoms in total. The van der Waals surface area contributed by atoms with Crippen LogP contribution in [-0.2, 0) is 30.4 Å². The first-order valence-electron chi connectivity index (χ1n) is 9.70. The molecule has 2 atom stereocenters. The predicted octanol–water partition coefficient (Wildman–Crippen LogP) is 7.63. The van der Waals surface area contributed by atoms with Crippen LogP contribution in [0.5, 0.6) is 5.88 Å². The van der Waals surface area contributed by atoms with Gasteiger partial charge < -0.3 is 4.52 Å². The maximum Gasteiger partial charge on any atom is 0.381 e. The second kappa shape index (κ2) is 13.3. The Morgan fingerprint density at radius 2 is 1.56 bits per heavy atom. The minimum atomic E-state index is -2.92. The average molecular weight is 651 g/mol. The number of alkyl halides is 3. The lowest BCUT2D eigenvalue weighted by Gasteiger charge is -2.20. The second-order valence-electron chi connectivity index (χ2n) is 6.59. The quantitative estimate of drug-likeness (QED) is 0.0745. The van der Waals surface area contributed by atoms with E-state index < -0.39 is 9.84 Å². The van der Waals surface area contributed by atoms with E-state index >= 15 is 0 Å². The normalized spacial score (nSPS) is 20.2. The van der Waals surface area contributed by atoms with Gasteiger partial charge in [-0.05, 0) is 32.8 Å². The number of carbonyl (C=O) groups excluding carboxylic acids is 2. The first kappa shape index (κ1) is 30.7. The van der Waals surface area contributed by atoms with Crippen LogP contribution in [-0.4, -0.2) is 37.4 Å². The molecular formula is C18H19Cl6N2O5PS2. The lowest BCUT2D eigenvalue weighted by molar-refractivity contribution is -0.133. The molecule has 0 saturated carbocycles. The van der Waals surface area contributed by atoms with E-state index in [0.29, 0.717) is 38.0 Å². The van der Waals surface area contributed by atoms with Crippen LogP contribution >= 0.6 is 88.3 Å². The lowest BCUT2D eigenvalue weighted by Crippen LogP contribution is -2.26. The molecule has 190 valence electrons. The third-order valence-electron chi connectivity index (χ3n) is 4.29. The van der Waals surface area contributed by atoms with Crippen LogP contribution in [0.1, 0.15) is 26.7 Å². The molecule has 0 N–H and O–H groups in total. The van der Waals surface area contributed by atoms with Crippen molar-refractivity contribution in [3.63, 3.8) is 0 Å². The Kier molecular flexibility index (Phi) is 12.0. The number of rotatable bonds is 7. The van der Waals surface area contributed by atoms with Gasteiger partial charge in [0.2, 0.25) is 17.7 Å². The van der Waals surface area contributed by atoms with Gasteiger partial charge in [0.25, 0.3) is 3.12 Å². The molecule has 2 aliphatic rings. The fourth-order valence-corrected chi connectivity index (χ4v) is 6.84. The molecule has 2 unspecified atom stereocenters. The molecule has 3 rings (SSSR count). The molecule has 1 aromatic rings. The summed E-state index contributed by atoms with van der Waals surface area (Å²) in [6.07, 6.45) is 5.00. The number of pyridine rings is 1.